The van der Waals surface area contributed by atoms with Crippen molar-refractivity contribution >= 4 is 58.4 Å². The number of hydrogen-bond donors (Lipinski definition) is 1. The maximum atomic E-state index is 14.3. The molecule has 9 heteroatoms. The Labute approximate surface area is 242 Å². The average molecular weight is 596 g/mol. The van der Waals surface area contributed by atoms with Gasteiger partial charge >= 0.3 is 0 Å². The Bertz CT molecular complexity index is 1230. The summed E-state index contributed by atoms with van der Waals surface area (Å²) in [4.78, 5) is 28.8. The first-order valence-corrected chi connectivity index (χ1v) is 14.6. The van der Waals surface area contributed by atoms with Crippen molar-refractivity contribution < 1.29 is 14.0 Å². The second-order valence-electron chi connectivity index (χ2n) is 8.99. The van der Waals surface area contributed by atoms with Gasteiger partial charge in [0.15, 0.2) is 0 Å². The van der Waals surface area contributed by atoms with Crippen LogP contribution >= 0.6 is 46.6 Å². The van der Waals surface area contributed by atoms with Crippen LogP contribution < -0.4 is 5.32 Å². The second-order valence-corrected chi connectivity index (χ2v) is 11.2. The average Bonchev–Trinajstić information content (AvgIpc) is 2.90. The molecule has 3 aromatic rings. The van der Waals surface area contributed by atoms with Gasteiger partial charge in [-0.1, -0.05) is 84.2 Å². The first-order chi connectivity index (χ1) is 18.2. The van der Waals surface area contributed by atoms with Crippen LogP contribution in [0.1, 0.15) is 37.0 Å². The van der Waals surface area contributed by atoms with Gasteiger partial charge in [0.25, 0.3) is 0 Å². The lowest BCUT2D eigenvalue weighted by atomic mass is 10.0. The second kappa shape index (κ2) is 14.8. The van der Waals surface area contributed by atoms with Gasteiger partial charge in [-0.25, -0.2) is 4.39 Å². The van der Waals surface area contributed by atoms with Crippen molar-refractivity contribution in [1.29, 1.82) is 0 Å². The van der Waals surface area contributed by atoms with Gasteiger partial charge in [-0.05, 0) is 48.7 Å². The van der Waals surface area contributed by atoms with E-state index in [0.29, 0.717) is 27.1 Å². The topological polar surface area (TPSA) is 49.4 Å². The molecule has 4 nitrogen and oxygen atoms in total. The van der Waals surface area contributed by atoms with Crippen molar-refractivity contribution in [2.75, 3.05) is 5.75 Å². The molecular weight excluding hydrogens is 566 g/mol. The Morgan fingerprint density at radius 3 is 2.34 bits per heavy atom. The zero-order chi connectivity index (χ0) is 27.7. The van der Waals surface area contributed by atoms with Gasteiger partial charge < -0.3 is 10.2 Å². The van der Waals surface area contributed by atoms with E-state index in [0.717, 1.165) is 17.5 Å². The van der Waals surface area contributed by atoms with E-state index >= 15 is 0 Å². The number of halogens is 4. The minimum atomic E-state index is -0.772. The van der Waals surface area contributed by atoms with Crippen LogP contribution in [0.25, 0.3) is 0 Å². The molecule has 38 heavy (non-hydrogen) atoms. The van der Waals surface area contributed by atoms with Crippen LogP contribution in [0.15, 0.2) is 66.7 Å². The summed E-state index contributed by atoms with van der Waals surface area (Å²) in [5.74, 6) is -0.652. The van der Waals surface area contributed by atoms with Gasteiger partial charge in [-0.15, -0.1) is 11.8 Å². The summed E-state index contributed by atoms with van der Waals surface area (Å²) in [5, 5.41) is 4.12. The van der Waals surface area contributed by atoms with Crippen LogP contribution in [0.5, 0.6) is 0 Å². The molecule has 0 saturated heterocycles. The van der Waals surface area contributed by atoms with E-state index in [1.54, 1.807) is 35.2 Å². The summed E-state index contributed by atoms with van der Waals surface area (Å²) in [6.45, 7) is 4.07. The first-order valence-electron chi connectivity index (χ1n) is 12.3. The number of carbonyl (C=O) groups excluding carboxylic acids is 2. The SMILES string of the molecule is CC[C@H](C)NC(=O)[C@H](Cc1ccccc1)N(Cc1ccc(Cl)c(Cl)c1)C(=O)CSCc1c(F)cccc1Cl. The number of carbonyl (C=O) groups is 2. The number of nitrogens with zero attached hydrogens (tertiary/aromatic N) is 1. The van der Waals surface area contributed by atoms with Crippen molar-refractivity contribution in [3.63, 3.8) is 0 Å². The monoisotopic (exact) mass is 594 g/mol. The Morgan fingerprint density at radius 2 is 1.68 bits per heavy atom. The van der Waals surface area contributed by atoms with Gasteiger partial charge in [0.05, 0.1) is 15.8 Å². The normalized spacial score (nSPS) is 12.6. The molecule has 0 heterocycles. The lowest BCUT2D eigenvalue weighted by Gasteiger charge is -2.32. The number of hydrogen-bond acceptors (Lipinski definition) is 3. The third kappa shape index (κ3) is 8.63. The van der Waals surface area contributed by atoms with Crippen molar-refractivity contribution in [2.45, 2.75) is 51.1 Å². The number of thioether (sulfide) groups is 1. The summed E-state index contributed by atoms with van der Waals surface area (Å²) in [6, 6.07) is 18.4. The van der Waals surface area contributed by atoms with Crippen LogP contribution in [0.3, 0.4) is 0 Å². The highest BCUT2D eigenvalue weighted by Crippen LogP contribution is 2.26. The van der Waals surface area contributed by atoms with E-state index in [9.17, 15) is 14.0 Å². The third-order valence-corrected chi connectivity index (χ3v) is 8.18. The fourth-order valence-corrected chi connectivity index (χ4v) is 5.39. The van der Waals surface area contributed by atoms with Crippen molar-refractivity contribution in [2.24, 2.45) is 0 Å². The highest BCUT2D eigenvalue weighted by atomic mass is 35.5. The molecule has 2 amide bonds. The van der Waals surface area contributed by atoms with Crippen LogP contribution in [0.4, 0.5) is 4.39 Å². The summed E-state index contributed by atoms with van der Waals surface area (Å²) in [7, 11) is 0. The van der Waals surface area contributed by atoms with Gasteiger partial charge in [0.2, 0.25) is 11.8 Å². The zero-order valence-electron chi connectivity index (χ0n) is 21.2. The minimum absolute atomic E-state index is 0.0356. The van der Waals surface area contributed by atoms with Gasteiger partial charge in [-0.3, -0.25) is 9.59 Å². The van der Waals surface area contributed by atoms with Crippen LogP contribution in [-0.2, 0) is 28.3 Å². The molecule has 0 aliphatic rings. The first kappa shape index (κ1) is 30.3. The fraction of sp³-hybridized carbons (Fsp3) is 0.310. The van der Waals surface area contributed by atoms with Crippen LogP contribution in [0, 0.1) is 5.82 Å². The molecule has 0 aromatic heterocycles. The lowest BCUT2D eigenvalue weighted by Crippen LogP contribution is -2.52. The Hall–Kier alpha value is -2.25. The van der Waals surface area contributed by atoms with Crippen LogP contribution in [0.2, 0.25) is 15.1 Å². The highest BCUT2D eigenvalue weighted by Gasteiger charge is 2.31. The molecular formula is C29H30Cl3FN2O2S. The van der Waals surface area contributed by atoms with Gasteiger partial charge in [0, 0.05) is 35.3 Å². The summed E-state index contributed by atoms with van der Waals surface area (Å²) >= 11 is 19.8. The van der Waals surface area contributed by atoms with E-state index < -0.39 is 11.9 Å². The molecule has 1 N–H and O–H groups in total. The van der Waals surface area contributed by atoms with Crippen molar-refractivity contribution in [1.82, 2.24) is 10.2 Å². The number of benzene rings is 3. The largest absolute Gasteiger partial charge is 0.352 e. The van der Waals surface area contributed by atoms with E-state index in [1.807, 2.05) is 44.2 Å². The maximum absolute atomic E-state index is 14.3. The summed E-state index contributed by atoms with van der Waals surface area (Å²) in [6.07, 6.45) is 1.09. The predicted octanol–water partition coefficient (Wildman–Crippen LogP) is 7.57. The lowest BCUT2D eigenvalue weighted by molar-refractivity contribution is -0.139. The molecule has 0 aliphatic heterocycles. The van der Waals surface area contributed by atoms with E-state index in [1.165, 1.54) is 17.8 Å². The van der Waals surface area contributed by atoms with Gasteiger partial charge in [0.1, 0.15) is 11.9 Å². The van der Waals surface area contributed by atoms with Gasteiger partial charge in [-0.2, -0.15) is 0 Å². The zero-order valence-corrected chi connectivity index (χ0v) is 24.3. The summed E-state index contributed by atoms with van der Waals surface area (Å²) < 4.78 is 14.3. The Kier molecular flexibility index (Phi) is 11.8. The molecule has 0 bridgehead atoms. The standard InChI is InChI=1S/C29H30Cl3FN2O2S/c1-3-19(2)34-29(37)27(15-20-8-5-4-6-9-20)35(16-21-12-13-24(31)25(32)14-21)28(36)18-38-17-22-23(30)10-7-11-26(22)33/h4-14,19,27H,3,15-18H2,1-2H3,(H,34,37)/t19-,27-/m0/s1. The molecule has 3 rings (SSSR count). The number of nitrogens with one attached hydrogen (secondary N) is 1. The molecule has 0 saturated carbocycles. The molecule has 3 aromatic carbocycles. The van der Waals surface area contributed by atoms with Crippen LogP contribution in [-0.4, -0.2) is 34.6 Å². The number of rotatable bonds is 12. The fourth-order valence-electron chi connectivity index (χ4n) is 3.82. The van der Waals surface area contributed by atoms with E-state index in [2.05, 4.69) is 5.32 Å². The smallest absolute Gasteiger partial charge is 0.243 e. The predicted molar refractivity (Wildman–Crippen MR) is 156 cm³/mol. The quantitative estimate of drug-likeness (QED) is 0.235. The molecule has 0 aliphatic carbocycles. The Balaban J connectivity index is 1.90. The van der Waals surface area contributed by atoms with Crippen molar-refractivity contribution in [3.8, 4) is 0 Å². The molecule has 0 spiro atoms. The molecule has 2 atom stereocenters. The Morgan fingerprint density at radius 1 is 0.947 bits per heavy atom. The summed E-state index contributed by atoms with van der Waals surface area (Å²) in [5.41, 5.74) is 2.01. The highest BCUT2D eigenvalue weighted by molar-refractivity contribution is 7.99. The minimum Gasteiger partial charge on any atom is -0.352 e. The number of amides is 2. The van der Waals surface area contributed by atoms with Crippen molar-refractivity contribution in [3.05, 3.63) is 104 Å². The molecule has 0 radical (unpaired) electrons. The molecule has 0 fully saturated rings. The maximum Gasteiger partial charge on any atom is 0.243 e. The third-order valence-electron chi connectivity index (χ3n) is 6.14. The van der Waals surface area contributed by atoms with E-state index in [4.69, 9.17) is 34.8 Å². The molecule has 0 unspecified atom stereocenters. The van der Waals surface area contributed by atoms with E-state index in [-0.39, 0.29) is 35.9 Å². The molecule has 202 valence electrons.